The van der Waals surface area contributed by atoms with Crippen molar-refractivity contribution in [3.8, 4) is 5.75 Å². The Labute approximate surface area is 83.8 Å². The number of aryl methyl sites for hydroxylation is 1. The van der Waals surface area contributed by atoms with Crippen molar-refractivity contribution in [1.82, 2.24) is 4.98 Å². The topological polar surface area (TPSA) is 65.3 Å². The molecule has 1 aromatic heterocycles. The molecular formula is C8H8F2N2O3. The van der Waals surface area contributed by atoms with E-state index in [0.717, 1.165) is 6.07 Å². The summed E-state index contributed by atoms with van der Waals surface area (Å²) in [5, 5.41) is 10.5. The lowest BCUT2D eigenvalue weighted by molar-refractivity contribution is -0.386. The molecule has 82 valence electrons. The van der Waals surface area contributed by atoms with Gasteiger partial charge in [0.2, 0.25) is 0 Å². The quantitative estimate of drug-likeness (QED) is 0.576. The Morgan fingerprint density at radius 2 is 2.20 bits per heavy atom. The second kappa shape index (κ2) is 4.16. The maximum absolute atomic E-state index is 12.4. The number of nitro groups is 1. The highest BCUT2D eigenvalue weighted by Crippen LogP contribution is 2.31. The molecule has 0 saturated heterocycles. The van der Waals surface area contributed by atoms with E-state index in [1.165, 1.54) is 14.0 Å². The van der Waals surface area contributed by atoms with Gasteiger partial charge < -0.3 is 4.74 Å². The number of methoxy groups -OCH3 is 1. The molecule has 7 heteroatoms. The van der Waals surface area contributed by atoms with Crippen molar-refractivity contribution in [3.05, 3.63) is 27.6 Å². The Bertz CT molecular complexity index is 396. The largest absolute Gasteiger partial charge is 0.495 e. The second-order valence-corrected chi connectivity index (χ2v) is 2.74. The lowest BCUT2D eigenvalue weighted by Gasteiger charge is -2.06. The molecule has 1 aromatic rings. The highest BCUT2D eigenvalue weighted by atomic mass is 19.3. The van der Waals surface area contributed by atoms with Crippen LogP contribution in [-0.2, 0) is 0 Å². The minimum Gasteiger partial charge on any atom is -0.495 e. The van der Waals surface area contributed by atoms with Crippen LogP contribution in [0.2, 0.25) is 0 Å². The molecule has 0 aromatic carbocycles. The number of aromatic nitrogens is 1. The van der Waals surface area contributed by atoms with Gasteiger partial charge in [-0.25, -0.2) is 13.8 Å². The molecule has 0 fully saturated rings. The first-order valence-corrected chi connectivity index (χ1v) is 3.95. The summed E-state index contributed by atoms with van der Waals surface area (Å²) in [6.07, 6.45) is -2.98. The SMILES string of the molecule is COc1cc([N+](=O)[O-])c(C(F)F)nc1C. The predicted octanol–water partition coefficient (Wildman–Crippen LogP) is 2.24. The minimum atomic E-state index is -2.98. The number of pyridine rings is 1. The molecule has 0 radical (unpaired) electrons. The Kier molecular flexibility index (Phi) is 3.13. The molecular weight excluding hydrogens is 210 g/mol. The van der Waals surface area contributed by atoms with E-state index in [2.05, 4.69) is 4.98 Å². The summed E-state index contributed by atoms with van der Waals surface area (Å²) in [4.78, 5) is 13.0. The predicted molar refractivity (Wildman–Crippen MR) is 47.1 cm³/mol. The summed E-state index contributed by atoms with van der Waals surface area (Å²) in [5.74, 6) is 0.117. The van der Waals surface area contributed by atoms with Crippen LogP contribution < -0.4 is 4.74 Å². The van der Waals surface area contributed by atoms with E-state index in [4.69, 9.17) is 4.74 Å². The summed E-state index contributed by atoms with van der Waals surface area (Å²) in [5.41, 5.74) is -1.37. The van der Waals surface area contributed by atoms with Gasteiger partial charge in [0.15, 0.2) is 5.69 Å². The van der Waals surface area contributed by atoms with Crippen LogP contribution in [0.5, 0.6) is 5.75 Å². The standard InChI is InChI=1S/C8H8F2N2O3/c1-4-6(15-2)3-5(12(13)14)7(11-4)8(9)10/h3,8H,1-2H3. The van der Waals surface area contributed by atoms with E-state index in [0.29, 0.717) is 0 Å². The van der Waals surface area contributed by atoms with Crippen molar-refractivity contribution in [3.63, 3.8) is 0 Å². The fourth-order valence-electron chi connectivity index (χ4n) is 1.11. The van der Waals surface area contributed by atoms with Crippen LogP contribution in [0.3, 0.4) is 0 Å². The second-order valence-electron chi connectivity index (χ2n) is 2.74. The van der Waals surface area contributed by atoms with Gasteiger partial charge in [-0.3, -0.25) is 10.1 Å². The molecule has 0 N–H and O–H groups in total. The molecule has 0 bridgehead atoms. The van der Waals surface area contributed by atoms with Gasteiger partial charge in [-0.05, 0) is 6.92 Å². The van der Waals surface area contributed by atoms with E-state index < -0.39 is 22.7 Å². The van der Waals surface area contributed by atoms with E-state index in [-0.39, 0.29) is 11.4 Å². The maximum atomic E-state index is 12.4. The molecule has 0 saturated carbocycles. The van der Waals surface area contributed by atoms with Gasteiger partial charge in [0, 0.05) is 0 Å². The summed E-state index contributed by atoms with van der Waals surface area (Å²) in [6.45, 7) is 1.44. The van der Waals surface area contributed by atoms with Gasteiger partial charge >= 0.3 is 0 Å². The number of hydrogen-bond donors (Lipinski definition) is 0. The summed E-state index contributed by atoms with van der Waals surface area (Å²) in [6, 6.07) is 0.948. The Morgan fingerprint density at radius 1 is 1.60 bits per heavy atom. The van der Waals surface area contributed by atoms with Gasteiger partial charge in [0.05, 0.1) is 23.8 Å². The van der Waals surface area contributed by atoms with E-state index in [9.17, 15) is 18.9 Å². The molecule has 0 spiro atoms. The smallest absolute Gasteiger partial charge is 0.300 e. The van der Waals surface area contributed by atoms with Crippen LogP contribution in [0.4, 0.5) is 14.5 Å². The van der Waals surface area contributed by atoms with Crippen LogP contribution in [0.15, 0.2) is 6.07 Å². The molecule has 0 aliphatic carbocycles. The van der Waals surface area contributed by atoms with Gasteiger partial charge in [-0.2, -0.15) is 0 Å². The van der Waals surface area contributed by atoms with Crippen molar-refractivity contribution >= 4 is 5.69 Å². The summed E-state index contributed by atoms with van der Waals surface area (Å²) in [7, 11) is 1.29. The lowest BCUT2D eigenvalue weighted by atomic mass is 10.2. The fraction of sp³-hybridized carbons (Fsp3) is 0.375. The highest BCUT2D eigenvalue weighted by Gasteiger charge is 2.25. The molecule has 0 atom stereocenters. The molecule has 0 unspecified atom stereocenters. The lowest BCUT2D eigenvalue weighted by Crippen LogP contribution is -2.02. The Morgan fingerprint density at radius 3 is 2.60 bits per heavy atom. The number of rotatable bonds is 3. The average molecular weight is 218 g/mol. The van der Waals surface area contributed by atoms with Crippen molar-refractivity contribution in [1.29, 1.82) is 0 Å². The third-order valence-corrected chi connectivity index (χ3v) is 1.80. The van der Waals surface area contributed by atoms with E-state index >= 15 is 0 Å². The molecule has 5 nitrogen and oxygen atoms in total. The average Bonchev–Trinajstić information content (AvgIpc) is 2.16. The Balaban J connectivity index is 3.39. The van der Waals surface area contributed by atoms with Gasteiger partial charge in [0.1, 0.15) is 5.75 Å². The number of halogens is 2. The van der Waals surface area contributed by atoms with Crippen LogP contribution in [0.1, 0.15) is 17.8 Å². The number of nitrogens with zero attached hydrogens (tertiary/aromatic N) is 2. The number of alkyl halides is 2. The first-order valence-electron chi connectivity index (χ1n) is 3.95. The van der Waals surface area contributed by atoms with Crippen LogP contribution in [0.25, 0.3) is 0 Å². The van der Waals surface area contributed by atoms with Gasteiger partial charge in [-0.1, -0.05) is 0 Å². The maximum Gasteiger partial charge on any atom is 0.300 e. The van der Waals surface area contributed by atoms with Gasteiger partial charge in [0.25, 0.3) is 12.1 Å². The van der Waals surface area contributed by atoms with E-state index in [1.54, 1.807) is 0 Å². The normalized spacial score (nSPS) is 10.5. The van der Waals surface area contributed by atoms with Gasteiger partial charge in [-0.15, -0.1) is 0 Å². The zero-order valence-electron chi connectivity index (χ0n) is 8.03. The fourth-order valence-corrected chi connectivity index (χ4v) is 1.11. The molecule has 1 rings (SSSR count). The third kappa shape index (κ3) is 2.17. The first kappa shape index (κ1) is 11.3. The van der Waals surface area contributed by atoms with Crippen LogP contribution in [-0.4, -0.2) is 17.0 Å². The molecule has 1 heterocycles. The monoisotopic (exact) mass is 218 g/mol. The Hall–Kier alpha value is -1.79. The number of ether oxygens (including phenoxy) is 1. The van der Waals surface area contributed by atoms with Crippen molar-refractivity contribution in [2.45, 2.75) is 13.3 Å². The summed E-state index contributed by atoms with van der Waals surface area (Å²) >= 11 is 0. The zero-order chi connectivity index (χ0) is 11.6. The molecule has 0 aliphatic rings. The third-order valence-electron chi connectivity index (χ3n) is 1.80. The van der Waals surface area contributed by atoms with Crippen LogP contribution >= 0.6 is 0 Å². The molecule has 0 amide bonds. The van der Waals surface area contributed by atoms with Crippen molar-refractivity contribution in [2.75, 3.05) is 7.11 Å². The van der Waals surface area contributed by atoms with Crippen LogP contribution in [0, 0.1) is 17.0 Å². The van der Waals surface area contributed by atoms with Crippen molar-refractivity contribution < 1.29 is 18.4 Å². The van der Waals surface area contributed by atoms with Crippen molar-refractivity contribution in [2.24, 2.45) is 0 Å². The minimum absolute atomic E-state index is 0.117. The van der Waals surface area contributed by atoms with E-state index in [1.807, 2.05) is 0 Å². The summed E-state index contributed by atoms with van der Waals surface area (Å²) < 4.78 is 29.6. The zero-order valence-corrected chi connectivity index (χ0v) is 8.03. The number of hydrogen-bond acceptors (Lipinski definition) is 4. The molecule has 0 aliphatic heterocycles. The molecule has 15 heavy (non-hydrogen) atoms. The first-order chi connectivity index (χ1) is 6.97. The highest BCUT2D eigenvalue weighted by molar-refractivity contribution is 5.44.